The van der Waals surface area contributed by atoms with Gasteiger partial charge >= 0.3 is 0 Å². The Labute approximate surface area is 123 Å². The van der Waals surface area contributed by atoms with E-state index in [1.54, 1.807) is 0 Å². The highest BCUT2D eigenvalue weighted by Crippen LogP contribution is 2.25. The summed E-state index contributed by atoms with van der Waals surface area (Å²) in [5.74, 6) is 0.620. The summed E-state index contributed by atoms with van der Waals surface area (Å²) in [5.41, 5.74) is 6.13. The monoisotopic (exact) mass is 281 g/mol. The molecule has 116 valence electrons. The van der Waals surface area contributed by atoms with Crippen LogP contribution in [0, 0.1) is 5.92 Å². The van der Waals surface area contributed by atoms with Crippen LogP contribution in [0.5, 0.6) is 0 Å². The van der Waals surface area contributed by atoms with Gasteiger partial charge in [0, 0.05) is 37.6 Å². The summed E-state index contributed by atoms with van der Waals surface area (Å²) in [6.45, 7) is 6.68. The quantitative estimate of drug-likeness (QED) is 0.827. The Balaban J connectivity index is 1.70. The Hall–Kier alpha value is -0.610. The number of nitrogens with zero attached hydrogens (tertiary/aromatic N) is 1. The zero-order valence-electron chi connectivity index (χ0n) is 13.1. The molecule has 2 fully saturated rings. The highest BCUT2D eigenvalue weighted by molar-refractivity contribution is 5.76. The van der Waals surface area contributed by atoms with Crippen molar-refractivity contribution in [2.24, 2.45) is 11.7 Å². The lowest BCUT2D eigenvalue weighted by atomic mass is 9.83. The molecule has 0 spiro atoms. The summed E-state index contributed by atoms with van der Waals surface area (Å²) in [4.78, 5) is 14.6. The minimum atomic E-state index is 0.218. The third-order valence-corrected chi connectivity index (χ3v) is 5.04. The lowest BCUT2D eigenvalue weighted by Gasteiger charge is -2.35. The first-order valence-electron chi connectivity index (χ1n) is 8.35. The molecule has 0 bridgehead atoms. The Bertz CT molecular complexity index is 311. The van der Waals surface area contributed by atoms with Gasteiger partial charge in [-0.15, -0.1) is 0 Å². The summed E-state index contributed by atoms with van der Waals surface area (Å²) < 4.78 is 0. The zero-order chi connectivity index (χ0) is 14.5. The minimum absolute atomic E-state index is 0.218. The predicted molar refractivity (Wildman–Crippen MR) is 82.4 cm³/mol. The topological polar surface area (TPSA) is 58.4 Å². The summed E-state index contributed by atoms with van der Waals surface area (Å²) in [7, 11) is 0. The normalized spacial score (nSPS) is 29.6. The number of carbonyl (C=O) groups excluding carboxylic acids is 1. The molecule has 20 heavy (non-hydrogen) atoms. The zero-order valence-corrected chi connectivity index (χ0v) is 13.1. The van der Waals surface area contributed by atoms with E-state index in [0.717, 1.165) is 38.8 Å². The number of rotatable bonds is 4. The number of nitrogens with one attached hydrogen (secondary N) is 1. The largest absolute Gasteiger partial charge is 0.353 e. The van der Waals surface area contributed by atoms with E-state index in [9.17, 15) is 4.79 Å². The number of likely N-dealkylation sites (tertiary alicyclic amines) is 1. The molecular formula is C16H31N3O. The van der Waals surface area contributed by atoms with Gasteiger partial charge in [-0.3, -0.25) is 4.79 Å². The van der Waals surface area contributed by atoms with E-state index in [2.05, 4.69) is 24.1 Å². The van der Waals surface area contributed by atoms with E-state index in [4.69, 9.17) is 5.73 Å². The van der Waals surface area contributed by atoms with Gasteiger partial charge in [-0.1, -0.05) is 12.8 Å². The Morgan fingerprint density at radius 3 is 2.45 bits per heavy atom. The van der Waals surface area contributed by atoms with Crippen LogP contribution in [-0.2, 0) is 4.79 Å². The van der Waals surface area contributed by atoms with Gasteiger partial charge < -0.3 is 16.0 Å². The maximum absolute atomic E-state index is 12.2. The molecule has 0 aromatic heterocycles. The minimum Gasteiger partial charge on any atom is -0.353 e. The lowest BCUT2D eigenvalue weighted by molar-refractivity contribution is -0.123. The smallest absolute Gasteiger partial charge is 0.220 e. The second-order valence-corrected chi connectivity index (χ2v) is 6.88. The van der Waals surface area contributed by atoms with Crippen molar-refractivity contribution in [2.45, 2.75) is 76.9 Å². The highest BCUT2D eigenvalue weighted by Gasteiger charge is 2.26. The molecule has 1 heterocycles. The first-order valence-corrected chi connectivity index (χ1v) is 8.35. The fourth-order valence-corrected chi connectivity index (χ4v) is 3.57. The van der Waals surface area contributed by atoms with Gasteiger partial charge in [0.2, 0.25) is 5.91 Å². The fraction of sp³-hybridized carbons (Fsp3) is 0.938. The summed E-state index contributed by atoms with van der Waals surface area (Å²) in [6, 6.07) is 1.22. The molecular weight excluding hydrogens is 250 g/mol. The van der Waals surface area contributed by atoms with Crippen molar-refractivity contribution >= 4 is 5.91 Å². The average molecular weight is 281 g/mol. The van der Waals surface area contributed by atoms with Crippen LogP contribution in [0.1, 0.15) is 58.8 Å². The average Bonchev–Trinajstić information content (AvgIpc) is 2.42. The molecule has 0 radical (unpaired) electrons. The summed E-state index contributed by atoms with van der Waals surface area (Å²) in [5, 5.41) is 3.23. The second-order valence-electron chi connectivity index (χ2n) is 6.88. The molecule has 1 saturated carbocycles. The van der Waals surface area contributed by atoms with Crippen LogP contribution >= 0.6 is 0 Å². The van der Waals surface area contributed by atoms with Gasteiger partial charge in [-0.05, 0) is 45.4 Å². The van der Waals surface area contributed by atoms with E-state index in [0.29, 0.717) is 24.4 Å². The van der Waals surface area contributed by atoms with Crippen LogP contribution < -0.4 is 11.1 Å². The molecule has 0 aromatic rings. The van der Waals surface area contributed by atoms with Crippen molar-refractivity contribution in [2.75, 3.05) is 13.1 Å². The molecule has 4 nitrogen and oxygen atoms in total. The van der Waals surface area contributed by atoms with Gasteiger partial charge in [-0.25, -0.2) is 0 Å². The number of piperidine rings is 1. The van der Waals surface area contributed by atoms with Crippen LogP contribution in [0.25, 0.3) is 0 Å². The Morgan fingerprint density at radius 1 is 1.20 bits per heavy atom. The highest BCUT2D eigenvalue weighted by atomic mass is 16.1. The van der Waals surface area contributed by atoms with E-state index in [-0.39, 0.29) is 11.9 Å². The first kappa shape index (κ1) is 15.8. The van der Waals surface area contributed by atoms with E-state index in [1.165, 1.54) is 12.8 Å². The first-order chi connectivity index (χ1) is 9.56. The second kappa shape index (κ2) is 7.41. The molecule has 3 N–H and O–H groups in total. The number of carbonyl (C=O) groups is 1. The molecule has 2 atom stereocenters. The molecule has 1 saturated heterocycles. The molecule has 1 aliphatic carbocycles. The summed E-state index contributed by atoms with van der Waals surface area (Å²) in [6.07, 6.45) is 7.48. The van der Waals surface area contributed by atoms with Crippen molar-refractivity contribution in [1.82, 2.24) is 10.2 Å². The number of nitrogens with two attached hydrogens (primary N) is 1. The maximum atomic E-state index is 12.2. The molecule has 1 aliphatic heterocycles. The Kier molecular flexibility index (Phi) is 5.85. The van der Waals surface area contributed by atoms with Crippen molar-refractivity contribution in [3.05, 3.63) is 0 Å². The fourth-order valence-electron chi connectivity index (χ4n) is 3.57. The number of amides is 1. The molecule has 2 unspecified atom stereocenters. The standard InChI is InChI=1S/C16H31N3O/c1-12(2)19-9-7-14(8-10-19)18-16(20)11-13-5-3-4-6-15(13)17/h12-15H,3-11,17H2,1-2H3,(H,18,20). The van der Waals surface area contributed by atoms with Crippen LogP contribution in [0.3, 0.4) is 0 Å². The maximum Gasteiger partial charge on any atom is 0.220 e. The Morgan fingerprint density at radius 2 is 1.85 bits per heavy atom. The summed E-state index contributed by atoms with van der Waals surface area (Å²) >= 11 is 0. The number of hydrogen-bond donors (Lipinski definition) is 2. The van der Waals surface area contributed by atoms with Crippen molar-refractivity contribution in [3.8, 4) is 0 Å². The van der Waals surface area contributed by atoms with Crippen LogP contribution in [0.4, 0.5) is 0 Å². The van der Waals surface area contributed by atoms with E-state index < -0.39 is 0 Å². The molecule has 0 aromatic carbocycles. The molecule has 2 rings (SSSR count). The van der Waals surface area contributed by atoms with Gasteiger partial charge in [0.15, 0.2) is 0 Å². The third kappa shape index (κ3) is 4.45. The molecule has 2 aliphatic rings. The van der Waals surface area contributed by atoms with Crippen LogP contribution in [-0.4, -0.2) is 42.0 Å². The van der Waals surface area contributed by atoms with Gasteiger partial charge in [0.25, 0.3) is 0 Å². The van der Waals surface area contributed by atoms with Crippen molar-refractivity contribution in [3.63, 3.8) is 0 Å². The van der Waals surface area contributed by atoms with E-state index in [1.807, 2.05) is 0 Å². The van der Waals surface area contributed by atoms with Crippen LogP contribution in [0.2, 0.25) is 0 Å². The number of hydrogen-bond acceptors (Lipinski definition) is 3. The predicted octanol–water partition coefficient (Wildman–Crippen LogP) is 1.88. The third-order valence-electron chi connectivity index (χ3n) is 5.04. The SMILES string of the molecule is CC(C)N1CCC(NC(=O)CC2CCCCC2N)CC1. The lowest BCUT2D eigenvalue weighted by Crippen LogP contribution is -2.47. The van der Waals surface area contributed by atoms with Crippen molar-refractivity contribution in [1.29, 1.82) is 0 Å². The molecule has 1 amide bonds. The van der Waals surface area contributed by atoms with Gasteiger partial charge in [0.1, 0.15) is 0 Å². The van der Waals surface area contributed by atoms with Gasteiger partial charge in [0.05, 0.1) is 0 Å². The van der Waals surface area contributed by atoms with Gasteiger partial charge in [-0.2, -0.15) is 0 Å². The van der Waals surface area contributed by atoms with Crippen molar-refractivity contribution < 1.29 is 4.79 Å². The molecule has 4 heteroatoms. The van der Waals surface area contributed by atoms with Crippen LogP contribution in [0.15, 0.2) is 0 Å². The van der Waals surface area contributed by atoms with E-state index >= 15 is 0 Å².